The van der Waals surface area contributed by atoms with Gasteiger partial charge in [0, 0.05) is 11.4 Å². The minimum absolute atomic E-state index is 0.347. The molecule has 0 aliphatic heterocycles. The Balaban J connectivity index is 2.03. The molecule has 0 aliphatic rings. The predicted molar refractivity (Wildman–Crippen MR) is 84.2 cm³/mol. The number of thiophene rings is 1. The van der Waals surface area contributed by atoms with Crippen molar-refractivity contribution >= 4 is 44.7 Å². The Kier molecular flexibility index (Phi) is 4.97. The van der Waals surface area contributed by atoms with Crippen LogP contribution in [0.15, 0.2) is 28.2 Å². The molecule has 0 fully saturated rings. The van der Waals surface area contributed by atoms with E-state index in [1.165, 1.54) is 18.2 Å². The summed E-state index contributed by atoms with van der Waals surface area (Å²) < 4.78 is 5.83. The molecule has 3 N–H and O–H groups in total. The van der Waals surface area contributed by atoms with Gasteiger partial charge in [-0.05, 0) is 40.5 Å². The molecule has 0 unspecified atom stereocenters. The number of pyridine rings is 1. The van der Waals surface area contributed by atoms with Crippen LogP contribution in [0.5, 0.6) is 0 Å². The number of rotatable bonds is 5. The van der Waals surface area contributed by atoms with Gasteiger partial charge in [0.15, 0.2) is 0 Å². The van der Waals surface area contributed by atoms with Crippen molar-refractivity contribution in [1.82, 2.24) is 4.98 Å². The topological polar surface area (TPSA) is 77.2 Å². The molecule has 0 bridgehead atoms. The first-order valence-electron chi connectivity index (χ1n) is 5.92. The summed E-state index contributed by atoms with van der Waals surface area (Å²) >= 11 is 5.11. The number of hydrogen-bond acceptors (Lipinski definition) is 6. The van der Waals surface area contributed by atoms with Crippen LogP contribution in [0.1, 0.15) is 15.2 Å². The highest BCUT2D eigenvalue weighted by molar-refractivity contribution is 9.11. The van der Waals surface area contributed by atoms with Crippen LogP contribution in [0.3, 0.4) is 0 Å². The molecule has 106 valence electrons. The van der Waals surface area contributed by atoms with Crippen LogP contribution in [0.4, 0.5) is 11.5 Å². The fourth-order valence-electron chi connectivity index (χ4n) is 1.68. The second kappa shape index (κ2) is 6.71. The van der Waals surface area contributed by atoms with E-state index in [2.05, 4.69) is 32.3 Å². The fourth-order valence-corrected chi connectivity index (χ4v) is 3.16. The molecule has 7 heteroatoms. The van der Waals surface area contributed by atoms with Crippen molar-refractivity contribution in [1.29, 1.82) is 0 Å². The maximum atomic E-state index is 11.7. The summed E-state index contributed by atoms with van der Waals surface area (Å²) in [6.07, 6.45) is 2.36. The zero-order chi connectivity index (χ0) is 14.5. The molecule has 2 aromatic heterocycles. The first kappa shape index (κ1) is 14.8. The van der Waals surface area contributed by atoms with Gasteiger partial charge in [-0.1, -0.05) is 0 Å². The van der Waals surface area contributed by atoms with Gasteiger partial charge in [-0.15, -0.1) is 11.3 Å². The molecule has 20 heavy (non-hydrogen) atoms. The molecule has 0 radical (unpaired) electrons. The normalized spacial score (nSPS) is 10.3. The molecule has 2 rings (SSSR count). The number of nitrogens with one attached hydrogen (secondary N) is 1. The zero-order valence-corrected chi connectivity index (χ0v) is 13.3. The van der Waals surface area contributed by atoms with Crippen molar-refractivity contribution in [3.8, 4) is 0 Å². The molecule has 0 saturated heterocycles. The summed E-state index contributed by atoms with van der Waals surface area (Å²) in [6, 6.07) is 5.64. The quantitative estimate of drug-likeness (QED) is 0.806. The average molecular weight is 356 g/mol. The van der Waals surface area contributed by atoms with E-state index in [-0.39, 0.29) is 0 Å². The minimum atomic E-state index is -0.453. The first-order chi connectivity index (χ1) is 9.60. The van der Waals surface area contributed by atoms with Crippen LogP contribution in [-0.4, -0.2) is 24.6 Å². The third kappa shape index (κ3) is 3.71. The highest BCUT2D eigenvalue weighted by atomic mass is 79.9. The number of halogens is 1. The summed E-state index contributed by atoms with van der Waals surface area (Å²) in [5, 5.41) is 3.14. The van der Waals surface area contributed by atoms with Crippen LogP contribution in [-0.2, 0) is 11.2 Å². The summed E-state index contributed by atoms with van der Waals surface area (Å²) in [4.78, 5) is 17.1. The third-order valence-electron chi connectivity index (χ3n) is 2.61. The number of carbonyl (C=O) groups is 1. The van der Waals surface area contributed by atoms with Gasteiger partial charge >= 0.3 is 5.97 Å². The molecule has 0 atom stereocenters. The Hall–Kier alpha value is -1.60. The van der Waals surface area contributed by atoms with E-state index in [0.717, 1.165) is 10.2 Å². The number of esters is 1. The molecule has 2 aromatic rings. The number of nitrogen functional groups attached to an aromatic ring is 1. The lowest BCUT2D eigenvalue weighted by molar-refractivity contribution is 0.0601. The second-order valence-corrected chi connectivity index (χ2v) is 6.59. The smallest absolute Gasteiger partial charge is 0.341 e. The summed E-state index contributed by atoms with van der Waals surface area (Å²) in [6.45, 7) is 0.674. The van der Waals surface area contributed by atoms with E-state index in [0.29, 0.717) is 23.6 Å². The highest BCUT2D eigenvalue weighted by Gasteiger charge is 2.13. The Morgan fingerprint density at radius 1 is 1.55 bits per heavy atom. The molecule has 5 nitrogen and oxygen atoms in total. The van der Waals surface area contributed by atoms with Gasteiger partial charge in [0.2, 0.25) is 0 Å². The molecule has 0 spiro atoms. The van der Waals surface area contributed by atoms with Crippen molar-refractivity contribution < 1.29 is 9.53 Å². The molecule has 0 saturated carbocycles. The number of ether oxygens (including phenoxy) is 1. The number of nitrogens with zero attached hydrogens (tertiary/aromatic N) is 1. The van der Waals surface area contributed by atoms with Crippen LogP contribution in [0, 0.1) is 0 Å². The van der Waals surface area contributed by atoms with Crippen LogP contribution >= 0.6 is 27.3 Å². The van der Waals surface area contributed by atoms with Gasteiger partial charge in [0.1, 0.15) is 11.4 Å². The second-order valence-electron chi connectivity index (χ2n) is 4.04. The predicted octanol–water partition coefficient (Wildman–Crippen LogP) is 2.93. The van der Waals surface area contributed by atoms with Gasteiger partial charge in [-0.25, -0.2) is 9.78 Å². The fraction of sp³-hybridized carbons (Fsp3) is 0.231. The lowest BCUT2D eigenvalue weighted by atomic mass is 10.2. The van der Waals surface area contributed by atoms with Crippen molar-refractivity contribution in [3.63, 3.8) is 0 Å². The van der Waals surface area contributed by atoms with Gasteiger partial charge in [0.05, 0.1) is 22.8 Å². The van der Waals surface area contributed by atoms with E-state index in [1.54, 1.807) is 17.4 Å². The molecule has 2 heterocycles. The number of carbonyl (C=O) groups excluding carboxylic acids is 1. The van der Waals surface area contributed by atoms with Crippen LogP contribution in [0.25, 0.3) is 0 Å². The van der Waals surface area contributed by atoms with Crippen LogP contribution in [0.2, 0.25) is 0 Å². The lowest BCUT2D eigenvalue weighted by Gasteiger charge is -2.09. The van der Waals surface area contributed by atoms with Crippen molar-refractivity contribution in [2.24, 2.45) is 0 Å². The highest BCUT2D eigenvalue weighted by Crippen LogP contribution is 2.22. The van der Waals surface area contributed by atoms with E-state index >= 15 is 0 Å². The molecule has 0 amide bonds. The van der Waals surface area contributed by atoms with E-state index in [9.17, 15) is 4.79 Å². The zero-order valence-electron chi connectivity index (χ0n) is 10.9. The van der Waals surface area contributed by atoms with Gasteiger partial charge in [-0.3, -0.25) is 0 Å². The van der Waals surface area contributed by atoms with E-state index in [4.69, 9.17) is 10.5 Å². The monoisotopic (exact) mass is 355 g/mol. The molecule has 0 aromatic carbocycles. The van der Waals surface area contributed by atoms with Crippen LogP contribution < -0.4 is 11.1 Å². The van der Waals surface area contributed by atoms with Gasteiger partial charge in [0.25, 0.3) is 0 Å². The standard InChI is InChI=1S/C13H14BrN3O2S/c1-19-13(18)10-6-8(15)7-17-12(10)16-5-4-9-2-3-11(14)20-9/h2-3,6-7H,4-5,15H2,1H3,(H,16,17). The lowest BCUT2D eigenvalue weighted by Crippen LogP contribution is -2.12. The van der Waals surface area contributed by atoms with Gasteiger partial charge in [-0.2, -0.15) is 0 Å². The summed E-state index contributed by atoms with van der Waals surface area (Å²) in [5.41, 5.74) is 6.42. The number of hydrogen-bond donors (Lipinski definition) is 2. The number of anilines is 2. The Morgan fingerprint density at radius 2 is 2.35 bits per heavy atom. The van der Waals surface area contributed by atoms with Crippen molar-refractivity contribution in [2.75, 3.05) is 24.7 Å². The Labute approximate surface area is 129 Å². The maximum absolute atomic E-state index is 11.7. The van der Waals surface area contributed by atoms with Gasteiger partial charge < -0.3 is 15.8 Å². The van der Waals surface area contributed by atoms with Crippen molar-refractivity contribution in [3.05, 3.63) is 38.6 Å². The number of methoxy groups -OCH3 is 1. The van der Waals surface area contributed by atoms with Crippen molar-refractivity contribution in [2.45, 2.75) is 6.42 Å². The summed E-state index contributed by atoms with van der Waals surface area (Å²) in [7, 11) is 1.33. The average Bonchev–Trinajstić information content (AvgIpc) is 2.85. The third-order valence-corrected chi connectivity index (χ3v) is 4.29. The largest absolute Gasteiger partial charge is 0.465 e. The molecular formula is C13H14BrN3O2S. The Morgan fingerprint density at radius 3 is 3.00 bits per heavy atom. The summed E-state index contributed by atoms with van der Waals surface area (Å²) in [5.74, 6) is 0.0350. The maximum Gasteiger partial charge on any atom is 0.341 e. The minimum Gasteiger partial charge on any atom is -0.465 e. The number of aromatic nitrogens is 1. The number of nitrogens with two attached hydrogens (primary N) is 1. The Bertz CT molecular complexity index is 615. The van der Waals surface area contributed by atoms with E-state index in [1.807, 2.05) is 6.07 Å². The van der Waals surface area contributed by atoms with E-state index < -0.39 is 5.97 Å². The first-order valence-corrected chi connectivity index (χ1v) is 7.53. The molecular weight excluding hydrogens is 342 g/mol. The molecule has 0 aliphatic carbocycles. The SMILES string of the molecule is COC(=O)c1cc(N)cnc1NCCc1ccc(Br)s1.